The number of nitrogens with zero attached hydrogens (tertiary/aromatic N) is 2. The molecule has 0 saturated heterocycles. The van der Waals surface area contributed by atoms with E-state index in [-0.39, 0.29) is 5.91 Å². The van der Waals surface area contributed by atoms with Crippen molar-refractivity contribution in [3.63, 3.8) is 0 Å². The molecule has 0 unspecified atom stereocenters. The number of hydrogen-bond donors (Lipinski definition) is 2. The Bertz CT molecular complexity index is 295. The van der Waals surface area contributed by atoms with Gasteiger partial charge in [0, 0.05) is 31.5 Å². The van der Waals surface area contributed by atoms with Crippen molar-refractivity contribution in [2.45, 2.75) is 32.9 Å². The van der Waals surface area contributed by atoms with E-state index in [4.69, 9.17) is 0 Å². The van der Waals surface area contributed by atoms with Crippen LogP contribution in [-0.2, 0) is 11.3 Å². The van der Waals surface area contributed by atoms with Crippen molar-refractivity contribution in [2.24, 2.45) is 0 Å². The van der Waals surface area contributed by atoms with Gasteiger partial charge < -0.3 is 10.6 Å². The van der Waals surface area contributed by atoms with Crippen molar-refractivity contribution in [1.29, 1.82) is 0 Å². The summed E-state index contributed by atoms with van der Waals surface area (Å²) in [5.74, 6) is 0.0502. The predicted molar refractivity (Wildman–Crippen MR) is 63.0 cm³/mol. The average Bonchev–Trinajstić information content (AvgIpc) is 2.74. The smallest absolute Gasteiger partial charge is 0.233 e. The van der Waals surface area contributed by atoms with Gasteiger partial charge in [-0.2, -0.15) is 5.10 Å². The van der Waals surface area contributed by atoms with E-state index in [1.165, 1.54) is 0 Å². The Labute approximate surface area is 96.2 Å². The van der Waals surface area contributed by atoms with Crippen LogP contribution in [0.25, 0.3) is 0 Å². The van der Waals surface area contributed by atoms with Gasteiger partial charge in [0.2, 0.25) is 5.91 Å². The lowest BCUT2D eigenvalue weighted by molar-refractivity contribution is -0.120. The summed E-state index contributed by atoms with van der Waals surface area (Å²) in [6.07, 6.45) is 4.57. The number of aromatic nitrogens is 2. The van der Waals surface area contributed by atoms with Crippen molar-refractivity contribution in [3.8, 4) is 0 Å². The number of aryl methyl sites for hydroxylation is 1. The summed E-state index contributed by atoms with van der Waals surface area (Å²) < 4.78 is 1.86. The minimum Gasteiger partial charge on any atom is -0.355 e. The lowest BCUT2D eigenvalue weighted by Gasteiger charge is -2.08. The van der Waals surface area contributed by atoms with Gasteiger partial charge >= 0.3 is 0 Å². The number of nitrogens with one attached hydrogen (secondary N) is 2. The highest BCUT2D eigenvalue weighted by molar-refractivity contribution is 5.77. The number of carbonyl (C=O) groups is 1. The molecule has 2 N–H and O–H groups in total. The molecule has 0 aliphatic rings. The van der Waals surface area contributed by atoms with Gasteiger partial charge in [-0.25, -0.2) is 0 Å². The van der Waals surface area contributed by atoms with E-state index < -0.39 is 0 Å². The Balaban J connectivity index is 2.00. The highest BCUT2D eigenvalue weighted by Crippen LogP contribution is 1.87. The Morgan fingerprint density at radius 3 is 2.94 bits per heavy atom. The topological polar surface area (TPSA) is 59.0 Å². The van der Waals surface area contributed by atoms with Crippen LogP contribution >= 0.6 is 0 Å². The summed E-state index contributed by atoms with van der Waals surface area (Å²) in [5, 5.41) is 10.0. The summed E-state index contributed by atoms with van der Waals surface area (Å²) in [7, 11) is 0. The van der Waals surface area contributed by atoms with Gasteiger partial charge in [0.25, 0.3) is 0 Å². The fourth-order valence-electron chi connectivity index (χ4n) is 1.26. The summed E-state index contributed by atoms with van der Waals surface area (Å²) in [5.41, 5.74) is 0. The fraction of sp³-hybridized carbons (Fsp3) is 0.636. The molecule has 5 heteroatoms. The maximum Gasteiger partial charge on any atom is 0.233 e. The lowest BCUT2D eigenvalue weighted by atomic mass is 10.4. The highest BCUT2D eigenvalue weighted by atomic mass is 16.1. The van der Waals surface area contributed by atoms with Crippen LogP contribution in [0, 0.1) is 0 Å². The molecule has 0 saturated carbocycles. The van der Waals surface area contributed by atoms with Crippen LogP contribution in [0.4, 0.5) is 0 Å². The van der Waals surface area contributed by atoms with Crippen molar-refractivity contribution in [1.82, 2.24) is 20.4 Å². The van der Waals surface area contributed by atoms with E-state index in [1.54, 1.807) is 6.20 Å². The molecule has 1 heterocycles. The molecule has 0 bridgehead atoms. The quantitative estimate of drug-likeness (QED) is 0.659. The second-order valence-electron chi connectivity index (χ2n) is 4.01. The third-order valence-corrected chi connectivity index (χ3v) is 2.12. The van der Waals surface area contributed by atoms with Crippen molar-refractivity contribution in [2.75, 3.05) is 13.1 Å². The molecule has 5 nitrogen and oxygen atoms in total. The van der Waals surface area contributed by atoms with E-state index in [2.05, 4.69) is 15.7 Å². The fourth-order valence-corrected chi connectivity index (χ4v) is 1.26. The number of amides is 1. The Morgan fingerprint density at radius 2 is 2.31 bits per heavy atom. The zero-order valence-corrected chi connectivity index (χ0v) is 9.94. The second kappa shape index (κ2) is 7.00. The zero-order valence-electron chi connectivity index (χ0n) is 9.94. The molecular weight excluding hydrogens is 204 g/mol. The van der Waals surface area contributed by atoms with Gasteiger partial charge in [-0.3, -0.25) is 9.48 Å². The number of hydrogen-bond acceptors (Lipinski definition) is 3. The van der Waals surface area contributed by atoms with E-state index in [1.807, 2.05) is 30.8 Å². The standard InChI is InChI=1S/C11H20N4O/c1-10(2)13-9-11(16)12-5-3-7-15-8-4-6-14-15/h4,6,8,10,13H,3,5,7,9H2,1-2H3,(H,12,16). The van der Waals surface area contributed by atoms with Gasteiger partial charge in [0.1, 0.15) is 0 Å². The van der Waals surface area contributed by atoms with Crippen LogP contribution in [0.2, 0.25) is 0 Å². The number of rotatable bonds is 7. The molecule has 1 aromatic heterocycles. The molecule has 0 aromatic carbocycles. The first kappa shape index (κ1) is 12.7. The predicted octanol–water partition coefficient (Wildman–Crippen LogP) is 0.387. The molecule has 1 aromatic rings. The van der Waals surface area contributed by atoms with Gasteiger partial charge in [0.15, 0.2) is 0 Å². The minimum atomic E-state index is 0.0502. The van der Waals surface area contributed by atoms with Gasteiger partial charge in [0.05, 0.1) is 6.54 Å². The zero-order chi connectivity index (χ0) is 11.8. The molecule has 1 rings (SSSR count). The lowest BCUT2D eigenvalue weighted by Crippen LogP contribution is -2.37. The van der Waals surface area contributed by atoms with Crippen molar-refractivity contribution in [3.05, 3.63) is 18.5 Å². The largest absolute Gasteiger partial charge is 0.355 e. The first-order valence-electron chi connectivity index (χ1n) is 5.66. The third kappa shape index (κ3) is 5.50. The third-order valence-electron chi connectivity index (χ3n) is 2.12. The van der Waals surface area contributed by atoms with E-state index in [9.17, 15) is 4.79 Å². The molecule has 0 atom stereocenters. The van der Waals surface area contributed by atoms with Crippen LogP contribution in [0.3, 0.4) is 0 Å². The van der Waals surface area contributed by atoms with Gasteiger partial charge in [-0.05, 0) is 12.5 Å². The van der Waals surface area contributed by atoms with E-state index in [0.717, 1.165) is 13.0 Å². The maximum absolute atomic E-state index is 11.3. The minimum absolute atomic E-state index is 0.0502. The highest BCUT2D eigenvalue weighted by Gasteiger charge is 2.00. The van der Waals surface area contributed by atoms with Crippen LogP contribution < -0.4 is 10.6 Å². The van der Waals surface area contributed by atoms with Gasteiger partial charge in [-0.15, -0.1) is 0 Å². The first-order chi connectivity index (χ1) is 7.68. The molecule has 90 valence electrons. The summed E-state index contributed by atoms with van der Waals surface area (Å²) in [6.45, 7) is 5.96. The Morgan fingerprint density at radius 1 is 1.50 bits per heavy atom. The molecule has 0 aliphatic heterocycles. The average molecular weight is 224 g/mol. The van der Waals surface area contributed by atoms with Crippen molar-refractivity contribution >= 4 is 5.91 Å². The maximum atomic E-state index is 11.3. The van der Waals surface area contributed by atoms with Crippen LogP contribution in [-0.4, -0.2) is 34.8 Å². The van der Waals surface area contributed by atoms with Crippen LogP contribution in [0.1, 0.15) is 20.3 Å². The van der Waals surface area contributed by atoms with E-state index in [0.29, 0.717) is 19.1 Å². The molecule has 0 spiro atoms. The Hall–Kier alpha value is -1.36. The first-order valence-corrected chi connectivity index (χ1v) is 5.66. The monoisotopic (exact) mass is 224 g/mol. The molecule has 0 fully saturated rings. The van der Waals surface area contributed by atoms with Crippen molar-refractivity contribution < 1.29 is 4.79 Å². The SMILES string of the molecule is CC(C)NCC(=O)NCCCn1cccn1. The van der Waals surface area contributed by atoms with Crippen LogP contribution in [0.5, 0.6) is 0 Å². The summed E-state index contributed by atoms with van der Waals surface area (Å²) in [4.78, 5) is 11.3. The van der Waals surface area contributed by atoms with E-state index >= 15 is 0 Å². The van der Waals surface area contributed by atoms with Gasteiger partial charge in [-0.1, -0.05) is 13.8 Å². The molecule has 0 radical (unpaired) electrons. The summed E-state index contributed by atoms with van der Waals surface area (Å²) in [6, 6.07) is 2.24. The Kier molecular flexibility index (Phi) is 5.56. The molecule has 16 heavy (non-hydrogen) atoms. The second-order valence-corrected chi connectivity index (χ2v) is 4.01. The number of carbonyl (C=O) groups excluding carboxylic acids is 1. The summed E-state index contributed by atoms with van der Waals surface area (Å²) >= 11 is 0. The molecule has 1 amide bonds. The normalized spacial score (nSPS) is 10.7. The molecular formula is C11H20N4O. The van der Waals surface area contributed by atoms with Crippen LogP contribution in [0.15, 0.2) is 18.5 Å². The molecule has 0 aliphatic carbocycles.